The molecule has 5 rings (SSSR count). The zero-order chi connectivity index (χ0) is 41.0. The van der Waals surface area contributed by atoms with Crippen LogP contribution < -0.4 is 0 Å². The van der Waals surface area contributed by atoms with Crippen molar-refractivity contribution in [3.05, 3.63) is 144 Å². The number of ether oxygens (including phenoxy) is 11. The summed E-state index contributed by atoms with van der Waals surface area (Å²) in [4.78, 5) is 10.5. The second kappa shape index (κ2) is 28.4. The minimum Gasteiger partial charge on any atom is -0.481 e. The van der Waals surface area contributed by atoms with Gasteiger partial charge in [-0.15, -0.1) is 0 Å². The highest BCUT2D eigenvalue weighted by atomic mass is 16.8. The maximum Gasteiger partial charge on any atom is 0.305 e. The summed E-state index contributed by atoms with van der Waals surface area (Å²) < 4.78 is 67.0. The Hall–Kier alpha value is -4.09. The molecule has 0 aliphatic carbocycles. The third-order valence-corrected chi connectivity index (χ3v) is 9.10. The second-order valence-electron chi connectivity index (χ2n) is 13.6. The van der Waals surface area contributed by atoms with Gasteiger partial charge >= 0.3 is 5.97 Å². The average molecular weight is 819 g/mol. The maximum absolute atomic E-state index is 10.5. The SMILES string of the molecule is O=C(O)CCOCCOCCOCCOCCOCOC1O[C@H](COCc2ccccc2)[C@@H](OCc2ccccc2)[C@H](OCc2ccccc2)[C@@H]1OCc1ccccc1. The van der Waals surface area contributed by atoms with Crippen LogP contribution in [0.3, 0.4) is 0 Å². The van der Waals surface area contributed by atoms with Gasteiger partial charge in [0.25, 0.3) is 0 Å². The van der Waals surface area contributed by atoms with Gasteiger partial charge < -0.3 is 57.2 Å². The number of benzene rings is 4. The first kappa shape index (κ1) is 46.0. The van der Waals surface area contributed by atoms with Gasteiger partial charge in [0.1, 0.15) is 31.2 Å². The van der Waals surface area contributed by atoms with Gasteiger partial charge in [-0.25, -0.2) is 0 Å². The minimum atomic E-state index is -0.887. The van der Waals surface area contributed by atoms with E-state index in [1.807, 2.05) is 121 Å². The van der Waals surface area contributed by atoms with Crippen LogP contribution in [0.4, 0.5) is 0 Å². The lowest BCUT2D eigenvalue weighted by molar-refractivity contribution is -0.340. The Morgan fingerprint density at radius 1 is 0.441 bits per heavy atom. The van der Waals surface area contributed by atoms with E-state index in [1.54, 1.807) is 0 Å². The van der Waals surface area contributed by atoms with Crippen LogP contribution >= 0.6 is 0 Å². The fraction of sp³-hybridized carbons (Fsp3) is 0.457. The van der Waals surface area contributed by atoms with Crippen molar-refractivity contribution in [1.29, 1.82) is 0 Å². The van der Waals surface area contributed by atoms with E-state index in [0.717, 1.165) is 22.3 Å². The topological polar surface area (TPSA) is 139 Å². The van der Waals surface area contributed by atoms with Gasteiger partial charge in [-0.2, -0.15) is 0 Å². The molecule has 0 spiro atoms. The summed E-state index contributed by atoms with van der Waals surface area (Å²) in [6.07, 6.45) is -3.37. The molecule has 0 saturated carbocycles. The molecule has 0 amide bonds. The molecule has 4 aromatic rings. The zero-order valence-corrected chi connectivity index (χ0v) is 33.6. The highest BCUT2D eigenvalue weighted by Crippen LogP contribution is 2.31. The first-order chi connectivity index (χ1) is 29.2. The summed E-state index contributed by atoms with van der Waals surface area (Å²) in [6.45, 7) is 4.59. The molecule has 59 heavy (non-hydrogen) atoms. The van der Waals surface area contributed by atoms with Crippen LogP contribution in [-0.2, 0) is 83.3 Å². The summed E-state index contributed by atoms with van der Waals surface area (Å²) in [5.41, 5.74) is 4.07. The number of carboxylic acid groups (broad SMARTS) is 1. The van der Waals surface area contributed by atoms with Gasteiger partial charge in [-0.3, -0.25) is 4.79 Å². The van der Waals surface area contributed by atoms with Crippen LogP contribution in [0, 0.1) is 0 Å². The molecule has 4 aromatic carbocycles. The Bertz CT molecular complexity index is 1630. The number of hydrogen-bond donors (Lipinski definition) is 1. The van der Waals surface area contributed by atoms with Crippen LogP contribution in [0.15, 0.2) is 121 Å². The minimum absolute atomic E-state index is 0.0234. The smallest absolute Gasteiger partial charge is 0.305 e. The van der Waals surface area contributed by atoms with E-state index >= 15 is 0 Å². The third kappa shape index (κ3) is 18.4. The van der Waals surface area contributed by atoms with E-state index in [9.17, 15) is 4.79 Å². The summed E-state index contributed by atoms with van der Waals surface area (Å²) in [5, 5.41) is 8.62. The molecule has 0 aromatic heterocycles. The Kier molecular flexibility index (Phi) is 22.1. The van der Waals surface area contributed by atoms with Gasteiger partial charge in [-0.1, -0.05) is 121 Å². The largest absolute Gasteiger partial charge is 0.481 e. The molecule has 0 radical (unpaired) electrons. The molecule has 1 heterocycles. The van der Waals surface area contributed by atoms with E-state index in [2.05, 4.69) is 0 Å². The van der Waals surface area contributed by atoms with Crippen molar-refractivity contribution >= 4 is 5.97 Å². The molecule has 1 aliphatic heterocycles. The summed E-state index contributed by atoms with van der Waals surface area (Å²) in [6, 6.07) is 39.9. The number of hydrogen-bond acceptors (Lipinski definition) is 12. The second-order valence-corrected chi connectivity index (χ2v) is 13.6. The predicted octanol–water partition coefficient (Wildman–Crippen LogP) is 6.22. The van der Waals surface area contributed by atoms with Crippen molar-refractivity contribution in [2.75, 3.05) is 72.9 Å². The lowest BCUT2D eigenvalue weighted by Crippen LogP contribution is -2.61. The number of carbonyl (C=O) groups is 1. The van der Waals surface area contributed by atoms with Gasteiger partial charge in [0.2, 0.25) is 0 Å². The molecule has 5 atom stereocenters. The Labute approximate surface area is 347 Å². The highest BCUT2D eigenvalue weighted by molar-refractivity contribution is 5.66. The Morgan fingerprint density at radius 2 is 0.831 bits per heavy atom. The van der Waals surface area contributed by atoms with Crippen molar-refractivity contribution in [3.8, 4) is 0 Å². The lowest BCUT2D eigenvalue weighted by atomic mass is 9.97. The standard InChI is InChI=1S/C46H58O13/c47-42(48)21-22-49-23-24-50-25-26-51-27-28-52-29-30-53-36-58-46-45(57-34-40-19-11-4-12-20-40)44(56-33-39-17-9-3-10-18-39)43(55-32-38-15-7-2-8-16-38)41(59-46)35-54-31-37-13-5-1-6-14-37/h1-20,41,43-46H,21-36H2,(H,47,48)/t41-,43-,44+,45+,46?/m1/s1. The molecule has 320 valence electrons. The van der Waals surface area contributed by atoms with Crippen LogP contribution in [-0.4, -0.2) is 115 Å². The van der Waals surface area contributed by atoms with E-state index in [1.165, 1.54) is 0 Å². The molecule has 1 N–H and O–H groups in total. The number of aliphatic carboxylic acids is 1. The summed E-state index contributed by atoms with van der Waals surface area (Å²) in [5.74, 6) is -0.887. The van der Waals surface area contributed by atoms with Crippen molar-refractivity contribution in [2.45, 2.75) is 63.6 Å². The molecule has 1 aliphatic rings. The quantitative estimate of drug-likeness (QED) is 0.0455. The normalized spacial score (nSPS) is 19.2. The molecule has 0 bridgehead atoms. The van der Waals surface area contributed by atoms with Crippen molar-refractivity contribution < 1.29 is 62.0 Å². The molecule has 1 saturated heterocycles. The monoisotopic (exact) mass is 818 g/mol. The molecular weight excluding hydrogens is 760 g/mol. The van der Waals surface area contributed by atoms with Crippen molar-refractivity contribution in [2.24, 2.45) is 0 Å². The average Bonchev–Trinajstić information content (AvgIpc) is 3.27. The lowest BCUT2D eigenvalue weighted by Gasteiger charge is -2.45. The fourth-order valence-corrected chi connectivity index (χ4v) is 6.09. The summed E-state index contributed by atoms with van der Waals surface area (Å²) in [7, 11) is 0. The van der Waals surface area contributed by atoms with Crippen LogP contribution in [0.25, 0.3) is 0 Å². The predicted molar refractivity (Wildman–Crippen MR) is 217 cm³/mol. The number of rotatable bonds is 31. The maximum atomic E-state index is 10.5. The molecule has 13 heteroatoms. The van der Waals surface area contributed by atoms with Crippen molar-refractivity contribution in [1.82, 2.24) is 0 Å². The molecular formula is C46H58O13. The zero-order valence-electron chi connectivity index (χ0n) is 33.6. The Morgan fingerprint density at radius 3 is 1.29 bits per heavy atom. The number of carboxylic acids is 1. The van der Waals surface area contributed by atoms with E-state index in [-0.39, 0.29) is 33.0 Å². The molecule has 1 fully saturated rings. The van der Waals surface area contributed by atoms with Crippen LogP contribution in [0.2, 0.25) is 0 Å². The fourth-order valence-electron chi connectivity index (χ4n) is 6.09. The van der Waals surface area contributed by atoms with Gasteiger partial charge in [0, 0.05) is 0 Å². The van der Waals surface area contributed by atoms with Crippen molar-refractivity contribution in [3.63, 3.8) is 0 Å². The van der Waals surface area contributed by atoms with E-state index in [0.29, 0.717) is 72.7 Å². The van der Waals surface area contributed by atoms with Gasteiger partial charge in [-0.05, 0) is 22.3 Å². The van der Waals surface area contributed by atoms with Gasteiger partial charge in [0.05, 0.1) is 98.9 Å². The van der Waals surface area contributed by atoms with Crippen LogP contribution in [0.5, 0.6) is 0 Å². The first-order valence-corrected chi connectivity index (χ1v) is 20.1. The van der Waals surface area contributed by atoms with Gasteiger partial charge in [0.15, 0.2) is 6.29 Å². The van der Waals surface area contributed by atoms with E-state index < -0.39 is 36.7 Å². The molecule has 13 nitrogen and oxygen atoms in total. The van der Waals surface area contributed by atoms with Crippen LogP contribution in [0.1, 0.15) is 28.7 Å². The summed E-state index contributed by atoms with van der Waals surface area (Å²) >= 11 is 0. The molecule has 1 unspecified atom stereocenters. The third-order valence-electron chi connectivity index (χ3n) is 9.10. The first-order valence-electron chi connectivity index (χ1n) is 20.1. The Balaban J connectivity index is 1.17. The van der Waals surface area contributed by atoms with E-state index in [4.69, 9.17) is 57.2 Å². The highest BCUT2D eigenvalue weighted by Gasteiger charge is 2.49.